The third kappa shape index (κ3) is 21.1. The molecule has 0 aliphatic carbocycles. The summed E-state index contributed by atoms with van der Waals surface area (Å²) in [5, 5.41) is 0. The zero-order valence-corrected chi connectivity index (χ0v) is 15.1. The molecular formula is C18H32O4S. The molecule has 4 nitrogen and oxygen atoms in total. The highest BCUT2D eigenvalue weighted by molar-refractivity contribution is 7.80. The first-order chi connectivity index (χ1) is 11.1. The van der Waals surface area contributed by atoms with E-state index in [2.05, 4.69) is 47.6 Å². The second-order valence-corrected chi connectivity index (χ2v) is 6.54. The highest BCUT2D eigenvalue weighted by atomic mass is 32.3. The normalized spacial score (nSPS) is 13.0. The summed E-state index contributed by atoms with van der Waals surface area (Å²) in [7, 11) is -4.26. The minimum absolute atomic E-state index is 0.0727. The average molecular weight is 345 g/mol. The van der Waals surface area contributed by atoms with E-state index < -0.39 is 10.4 Å². The predicted molar refractivity (Wildman–Crippen MR) is 96.8 cm³/mol. The summed E-state index contributed by atoms with van der Waals surface area (Å²) in [5.41, 5.74) is 0. The van der Waals surface area contributed by atoms with Crippen molar-refractivity contribution in [1.29, 1.82) is 0 Å². The zero-order valence-electron chi connectivity index (χ0n) is 14.3. The van der Waals surface area contributed by atoms with Crippen LogP contribution < -0.4 is 0 Å². The van der Waals surface area contributed by atoms with E-state index in [1.165, 1.54) is 12.8 Å². The Balaban J connectivity index is 3.26. The third-order valence-electron chi connectivity index (χ3n) is 3.28. The van der Waals surface area contributed by atoms with Crippen molar-refractivity contribution in [3.8, 4) is 0 Å². The van der Waals surface area contributed by atoms with Crippen LogP contribution in [-0.2, 0) is 14.6 Å². The molecule has 0 atom stereocenters. The van der Waals surface area contributed by atoms with Gasteiger partial charge in [-0.25, -0.2) is 4.18 Å². The molecule has 0 radical (unpaired) electrons. The van der Waals surface area contributed by atoms with E-state index in [9.17, 15) is 8.42 Å². The summed E-state index contributed by atoms with van der Waals surface area (Å²) in [4.78, 5) is 0. The molecule has 23 heavy (non-hydrogen) atoms. The molecule has 0 aromatic heterocycles. The Hall–Kier alpha value is -0.910. The Bertz CT molecular complexity index is 436. The van der Waals surface area contributed by atoms with Gasteiger partial charge in [0.25, 0.3) is 0 Å². The summed E-state index contributed by atoms with van der Waals surface area (Å²) < 4.78 is 33.3. The molecule has 0 aliphatic rings. The van der Waals surface area contributed by atoms with Crippen LogP contribution in [0.1, 0.15) is 71.1 Å². The van der Waals surface area contributed by atoms with Crippen LogP contribution >= 0.6 is 0 Å². The highest BCUT2D eigenvalue weighted by Crippen LogP contribution is 2.08. The van der Waals surface area contributed by atoms with E-state index in [0.717, 1.165) is 44.9 Å². The van der Waals surface area contributed by atoms with Gasteiger partial charge in [0.15, 0.2) is 0 Å². The molecule has 1 N–H and O–H groups in total. The van der Waals surface area contributed by atoms with Gasteiger partial charge in [-0.15, -0.1) is 0 Å². The molecule has 0 spiro atoms. The number of rotatable bonds is 15. The molecule has 134 valence electrons. The molecule has 0 aromatic carbocycles. The van der Waals surface area contributed by atoms with Crippen LogP contribution in [0, 0.1) is 0 Å². The lowest BCUT2D eigenvalue weighted by Crippen LogP contribution is -2.04. The van der Waals surface area contributed by atoms with Gasteiger partial charge in [-0.3, -0.25) is 4.55 Å². The predicted octanol–water partition coefficient (Wildman–Crippen LogP) is 5.40. The van der Waals surface area contributed by atoms with Crippen molar-refractivity contribution in [1.82, 2.24) is 0 Å². The van der Waals surface area contributed by atoms with Crippen LogP contribution in [0.5, 0.6) is 0 Å². The summed E-state index contributed by atoms with van der Waals surface area (Å²) >= 11 is 0. The molecule has 0 fully saturated rings. The smallest absolute Gasteiger partial charge is 0.264 e. The lowest BCUT2D eigenvalue weighted by Gasteiger charge is -2.01. The number of hydrogen-bond donors (Lipinski definition) is 1. The van der Waals surface area contributed by atoms with Crippen molar-refractivity contribution in [3.05, 3.63) is 36.5 Å². The fourth-order valence-corrected chi connectivity index (χ4v) is 2.39. The van der Waals surface area contributed by atoms with Crippen molar-refractivity contribution in [2.75, 3.05) is 6.61 Å². The molecule has 0 bridgehead atoms. The van der Waals surface area contributed by atoms with E-state index in [1.54, 1.807) is 0 Å². The van der Waals surface area contributed by atoms with Gasteiger partial charge in [-0.2, -0.15) is 8.42 Å². The standard InChI is InChI=1S/C18H32O4S/c1-2-3-4-5-6-7-8-9-10-11-12-13-14-15-16-17-18-22-23(19,20)21/h3-4,6-7,9-10H,2,5,8,11-18H2,1H3,(H,19,20,21)/b4-3-,7-6-,10-9-. The van der Waals surface area contributed by atoms with Crippen molar-refractivity contribution < 1.29 is 17.2 Å². The number of allylic oxidation sites excluding steroid dienone is 6. The maximum absolute atomic E-state index is 10.3. The largest absolute Gasteiger partial charge is 0.397 e. The molecule has 0 rings (SSSR count). The highest BCUT2D eigenvalue weighted by Gasteiger charge is 2.02. The second-order valence-electron chi connectivity index (χ2n) is 5.45. The molecule has 0 saturated carbocycles. The van der Waals surface area contributed by atoms with Gasteiger partial charge in [-0.1, -0.05) is 69.1 Å². The summed E-state index contributed by atoms with van der Waals surface area (Å²) in [6, 6.07) is 0. The van der Waals surface area contributed by atoms with E-state index >= 15 is 0 Å². The fourth-order valence-electron chi connectivity index (χ4n) is 2.06. The van der Waals surface area contributed by atoms with Crippen LogP contribution in [-0.4, -0.2) is 19.6 Å². The number of hydrogen-bond acceptors (Lipinski definition) is 3. The quantitative estimate of drug-likeness (QED) is 0.245. The van der Waals surface area contributed by atoms with Gasteiger partial charge in [0, 0.05) is 0 Å². The third-order valence-corrected chi connectivity index (χ3v) is 3.74. The summed E-state index contributed by atoms with van der Waals surface area (Å²) in [5.74, 6) is 0. The van der Waals surface area contributed by atoms with Gasteiger partial charge in [-0.05, 0) is 38.5 Å². The van der Waals surface area contributed by atoms with Gasteiger partial charge >= 0.3 is 10.4 Å². The van der Waals surface area contributed by atoms with E-state index in [4.69, 9.17) is 4.55 Å². The molecule has 0 heterocycles. The number of unbranched alkanes of at least 4 members (excludes halogenated alkanes) is 6. The lowest BCUT2D eigenvalue weighted by atomic mass is 10.1. The Morgan fingerprint density at radius 3 is 1.91 bits per heavy atom. The Morgan fingerprint density at radius 1 is 0.783 bits per heavy atom. The first-order valence-corrected chi connectivity index (χ1v) is 9.99. The van der Waals surface area contributed by atoms with Gasteiger partial charge < -0.3 is 0 Å². The van der Waals surface area contributed by atoms with Gasteiger partial charge in [0.2, 0.25) is 0 Å². The topological polar surface area (TPSA) is 63.6 Å². The maximum atomic E-state index is 10.3. The maximum Gasteiger partial charge on any atom is 0.397 e. The zero-order chi connectivity index (χ0) is 17.2. The van der Waals surface area contributed by atoms with E-state index in [-0.39, 0.29) is 6.61 Å². The summed E-state index contributed by atoms with van der Waals surface area (Å²) in [6.07, 6.45) is 23.7. The van der Waals surface area contributed by atoms with Crippen molar-refractivity contribution >= 4 is 10.4 Å². The Morgan fingerprint density at radius 2 is 1.30 bits per heavy atom. The van der Waals surface area contributed by atoms with Gasteiger partial charge in [0.1, 0.15) is 0 Å². The molecule has 0 aromatic rings. The lowest BCUT2D eigenvalue weighted by molar-refractivity contribution is 0.261. The van der Waals surface area contributed by atoms with Crippen LogP contribution in [0.15, 0.2) is 36.5 Å². The summed E-state index contributed by atoms with van der Waals surface area (Å²) in [6.45, 7) is 2.21. The monoisotopic (exact) mass is 344 g/mol. The SMILES string of the molecule is CC/C=C\C/C=C\C/C=C\CCCCCCCCOS(=O)(=O)O. The minimum atomic E-state index is -4.26. The van der Waals surface area contributed by atoms with E-state index in [1.807, 2.05) is 0 Å². The Labute approximate surface area is 142 Å². The molecule has 5 heteroatoms. The van der Waals surface area contributed by atoms with Crippen LogP contribution in [0.25, 0.3) is 0 Å². The Kier molecular flexibility index (Phi) is 15.3. The molecular weight excluding hydrogens is 312 g/mol. The molecule has 0 amide bonds. The van der Waals surface area contributed by atoms with Crippen LogP contribution in [0.4, 0.5) is 0 Å². The van der Waals surface area contributed by atoms with Crippen LogP contribution in [0.2, 0.25) is 0 Å². The fraction of sp³-hybridized carbons (Fsp3) is 0.667. The molecule has 0 saturated heterocycles. The minimum Gasteiger partial charge on any atom is -0.264 e. The first kappa shape index (κ1) is 22.1. The van der Waals surface area contributed by atoms with E-state index in [0.29, 0.717) is 6.42 Å². The molecule has 0 aliphatic heterocycles. The van der Waals surface area contributed by atoms with Crippen molar-refractivity contribution in [3.63, 3.8) is 0 Å². The second kappa shape index (κ2) is 16.0. The van der Waals surface area contributed by atoms with Crippen LogP contribution in [0.3, 0.4) is 0 Å². The van der Waals surface area contributed by atoms with Crippen molar-refractivity contribution in [2.45, 2.75) is 71.1 Å². The first-order valence-electron chi connectivity index (χ1n) is 8.63. The van der Waals surface area contributed by atoms with Crippen molar-refractivity contribution in [2.24, 2.45) is 0 Å². The molecule has 0 unspecified atom stereocenters. The average Bonchev–Trinajstić information content (AvgIpc) is 2.49. The van der Waals surface area contributed by atoms with Gasteiger partial charge in [0.05, 0.1) is 6.61 Å².